The van der Waals surface area contributed by atoms with Crippen molar-refractivity contribution in [3.63, 3.8) is 0 Å². The standard InChI is InChI=1S/C12H24N2O2S/c1-2-3-4-5-13-10-12(11-13)14-6-8-17(15,16)9-7-14/h12H,2-11H2,1H3. The summed E-state index contributed by atoms with van der Waals surface area (Å²) in [6.07, 6.45) is 3.90. The lowest BCUT2D eigenvalue weighted by molar-refractivity contribution is 0.0380. The van der Waals surface area contributed by atoms with Crippen LogP contribution in [0.1, 0.15) is 26.2 Å². The Morgan fingerprint density at radius 2 is 1.76 bits per heavy atom. The molecule has 0 aliphatic carbocycles. The van der Waals surface area contributed by atoms with Gasteiger partial charge in [-0.3, -0.25) is 4.90 Å². The van der Waals surface area contributed by atoms with Crippen molar-refractivity contribution < 1.29 is 8.42 Å². The highest BCUT2D eigenvalue weighted by Gasteiger charge is 2.34. The van der Waals surface area contributed by atoms with Crippen LogP contribution >= 0.6 is 0 Å². The number of hydrogen-bond acceptors (Lipinski definition) is 4. The molecule has 5 heteroatoms. The van der Waals surface area contributed by atoms with Gasteiger partial charge >= 0.3 is 0 Å². The van der Waals surface area contributed by atoms with Crippen molar-refractivity contribution in [1.82, 2.24) is 9.80 Å². The van der Waals surface area contributed by atoms with Crippen molar-refractivity contribution in [2.45, 2.75) is 32.2 Å². The van der Waals surface area contributed by atoms with Crippen LogP contribution in [0.25, 0.3) is 0 Å². The fourth-order valence-corrected chi connectivity index (χ4v) is 3.86. The molecule has 0 saturated carbocycles. The monoisotopic (exact) mass is 260 g/mol. The average Bonchev–Trinajstić information content (AvgIpc) is 2.23. The largest absolute Gasteiger partial charge is 0.300 e. The Morgan fingerprint density at radius 1 is 1.12 bits per heavy atom. The molecule has 2 aliphatic rings. The Bertz CT molecular complexity index is 322. The SMILES string of the molecule is CCCCCN1CC(N2CCS(=O)(=O)CC2)C1. The number of nitrogens with zero attached hydrogens (tertiary/aromatic N) is 2. The Balaban J connectivity index is 1.63. The van der Waals surface area contributed by atoms with Gasteiger partial charge in [0.25, 0.3) is 0 Å². The molecule has 4 nitrogen and oxygen atoms in total. The van der Waals surface area contributed by atoms with Crippen molar-refractivity contribution in [3.05, 3.63) is 0 Å². The molecular weight excluding hydrogens is 236 g/mol. The van der Waals surface area contributed by atoms with Crippen LogP contribution in [0.15, 0.2) is 0 Å². The first-order valence-corrected chi connectivity index (χ1v) is 8.59. The molecule has 2 fully saturated rings. The molecule has 0 spiro atoms. The predicted octanol–water partition coefficient (Wildman–Crippen LogP) is 0.591. The molecule has 0 atom stereocenters. The second-order valence-corrected chi connectivity index (χ2v) is 7.61. The summed E-state index contributed by atoms with van der Waals surface area (Å²) >= 11 is 0. The van der Waals surface area contributed by atoms with Crippen LogP contribution in [0.3, 0.4) is 0 Å². The summed E-state index contributed by atoms with van der Waals surface area (Å²) in [6.45, 7) is 7.22. The summed E-state index contributed by atoms with van der Waals surface area (Å²) in [7, 11) is -2.72. The molecule has 0 amide bonds. The summed E-state index contributed by atoms with van der Waals surface area (Å²) in [5.41, 5.74) is 0. The molecule has 0 N–H and O–H groups in total. The summed E-state index contributed by atoms with van der Waals surface area (Å²) in [4.78, 5) is 4.85. The quantitative estimate of drug-likeness (QED) is 0.679. The molecule has 0 bridgehead atoms. The molecule has 2 rings (SSSR count). The van der Waals surface area contributed by atoms with Crippen molar-refractivity contribution >= 4 is 9.84 Å². The van der Waals surface area contributed by atoms with E-state index in [1.54, 1.807) is 0 Å². The number of sulfone groups is 1. The third-order valence-corrected chi connectivity index (χ3v) is 5.52. The van der Waals surface area contributed by atoms with Crippen LogP contribution in [0.4, 0.5) is 0 Å². The maximum absolute atomic E-state index is 11.3. The molecule has 0 aromatic carbocycles. The predicted molar refractivity (Wildman–Crippen MR) is 70.0 cm³/mol. The number of hydrogen-bond donors (Lipinski definition) is 0. The first-order chi connectivity index (χ1) is 8.11. The van der Waals surface area contributed by atoms with Gasteiger partial charge in [-0.2, -0.15) is 0 Å². The number of unbranched alkanes of at least 4 members (excludes halogenated alkanes) is 2. The molecule has 100 valence electrons. The van der Waals surface area contributed by atoms with Crippen LogP contribution in [0.5, 0.6) is 0 Å². The topological polar surface area (TPSA) is 40.6 Å². The number of likely N-dealkylation sites (tertiary alicyclic amines) is 1. The minimum Gasteiger partial charge on any atom is -0.300 e. The maximum atomic E-state index is 11.3. The lowest BCUT2D eigenvalue weighted by atomic mass is 10.1. The smallest absolute Gasteiger partial charge is 0.152 e. The van der Waals surface area contributed by atoms with Gasteiger partial charge in [-0.15, -0.1) is 0 Å². The van der Waals surface area contributed by atoms with Gasteiger partial charge in [0.2, 0.25) is 0 Å². The van der Waals surface area contributed by atoms with Crippen molar-refractivity contribution in [3.8, 4) is 0 Å². The van der Waals surface area contributed by atoms with Gasteiger partial charge in [-0.1, -0.05) is 19.8 Å². The first-order valence-electron chi connectivity index (χ1n) is 6.77. The van der Waals surface area contributed by atoms with Crippen LogP contribution in [-0.4, -0.2) is 68.5 Å². The fraction of sp³-hybridized carbons (Fsp3) is 1.00. The summed E-state index contributed by atoms with van der Waals surface area (Å²) in [6, 6.07) is 0.618. The van der Waals surface area contributed by atoms with Crippen LogP contribution in [0.2, 0.25) is 0 Å². The Kier molecular flexibility index (Phi) is 4.44. The van der Waals surface area contributed by atoms with Gasteiger partial charge in [0, 0.05) is 32.2 Å². The first kappa shape index (κ1) is 13.3. The van der Waals surface area contributed by atoms with E-state index in [2.05, 4.69) is 16.7 Å². The van der Waals surface area contributed by atoms with Crippen molar-refractivity contribution in [2.75, 3.05) is 44.2 Å². The van der Waals surface area contributed by atoms with Gasteiger partial charge in [0.15, 0.2) is 9.84 Å². The van der Waals surface area contributed by atoms with E-state index in [1.807, 2.05) is 0 Å². The lowest BCUT2D eigenvalue weighted by Gasteiger charge is -2.46. The molecule has 2 aliphatic heterocycles. The fourth-order valence-electron chi connectivity index (χ4n) is 2.63. The third kappa shape index (κ3) is 3.66. The van der Waals surface area contributed by atoms with E-state index in [0.29, 0.717) is 17.5 Å². The molecule has 2 heterocycles. The minimum atomic E-state index is -2.72. The van der Waals surface area contributed by atoms with Gasteiger partial charge in [0.05, 0.1) is 11.5 Å². The van der Waals surface area contributed by atoms with E-state index in [-0.39, 0.29) is 0 Å². The third-order valence-electron chi connectivity index (χ3n) is 3.91. The summed E-state index contributed by atoms with van der Waals surface area (Å²) in [5, 5.41) is 0. The van der Waals surface area contributed by atoms with E-state index in [4.69, 9.17) is 0 Å². The van der Waals surface area contributed by atoms with Crippen molar-refractivity contribution in [2.24, 2.45) is 0 Å². The van der Waals surface area contributed by atoms with E-state index in [1.165, 1.54) is 25.8 Å². The highest BCUT2D eigenvalue weighted by molar-refractivity contribution is 7.91. The summed E-state index contributed by atoms with van der Waals surface area (Å²) < 4.78 is 22.7. The lowest BCUT2D eigenvalue weighted by Crippen LogP contribution is -2.61. The van der Waals surface area contributed by atoms with Crippen LogP contribution < -0.4 is 0 Å². The summed E-state index contributed by atoms with van der Waals surface area (Å²) in [5.74, 6) is 0.721. The van der Waals surface area contributed by atoms with E-state index in [9.17, 15) is 8.42 Å². The molecule has 2 saturated heterocycles. The zero-order valence-electron chi connectivity index (χ0n) is 10.8. The molecule has 17 heavy (non-hydrogen) atoms. The van der Waals surface area contributed by atoms with Gasteiger partial charge in [-0.25, -0.2) is 8.42 Å². The van der Waals surface area contributed by atoms with Crippen molar-refractivity contribution in [1.29, 1.82) is 0 Å². The van der Waals surface area contributed by atoms with Gasteiger partial charge in [0.1, 0.15) is 0 Å². The van der Waals surface area contributed by atoms with E-state index < -0.39 is 9.84 Å². The van der Waals surface area contributed by atoms with Crippen LogP contribution in [-0.2, 0) is 9.84 Å². The Hall–Kier alpha value is -0.130. The molecule has 0 aromatic rings. The molecule has 0 radical (unpaired) electrons. The van der Waals surface area contributed by atoms with Gasteiger partial charge < -0.3 is 4.90 Å². The zero-order valence-corrected chi connectivity index (χ0v) is 11.6. The van der Waals surface area contributed by atoms with E-state index in [0.717, 1.165) is 26.2 Å². The second-order valence-electron chi connectivity index (χ2n) is 5.31. The molecule has 0 unspecified atom stereocenters. The Labute approximate surface area is 105 Å². The minimum absolute atomic E-state index is 0.360. The van der Waals surface area contributed by atoms with Crippen LogP contribution in [0, 0.1) is 0 Å². The number of rotatable bonds is 5. The van der Waals surface area contributed by atoms with E-state index >= 15 is 0 Å². The molecular formula is C12H24N2O2S. The molecule has 0 aromatic heterocycles. The highest BCUT2D eigenvalue weighted by atomic mass is 32.2. The second kappa shape index (κ2) is 5.67. The maximum Gasteiger partial charge on any atom is 0.152 e. The van der Waals surface area contributed by atoms with Gasteiger partial charge in [-0.05, 0) is 13.0 Å². The normalized spacial score (nSPS) is 26.9. The highest BCUT2D eigenvalue weighted by Crippen LogP contribution is 2.18. The average molecular weight is 260 g/mol. The Morgan fingerprint density at radius 3 is 2.35 bits per heavy atom. The zero-order chi connectivity index (χ0) is 12.3.